The van der Waals surface area contributed by atoms with Crippen molar-refractivity contribution in [2.75, 3.05) is 13.1 Å². The highest BCUT2D eigenvalue weighted by molar-refractivity contribution is 5.87. The first kappa shape index (κ1) is 17.4. The van der Waals surface area contributed by atoms with Gasteiger partial charge in [-0.3, -0.25) is 4.90 Å². The predicted octanol–water partition coefficient (Wildman–Crippen LogP) is 4.43. The Labute approximate surface area is 149 Å². The molecule has 0 aliphatic carbocycles. The highest BCUT2D eigenvalue weighted by Crippen LogP contribution is 2.17. The van der Waals surface area contributed by atoms with Crippen LogP contribution in [0.4, 0.5) is 0 Å². The van der Waals surface area contributed by atoms with Crippen LogP contribution in [0.5, 0.6) is 0 Å². The molecule has 2 aromatic carbocycles. The molecule has 3 rings (SSSR count). The molecule has 0 spiro atoms. The van der Waals surface area contributed by atoms with Crippen LogP contribution < -0.4 is 0 Å². The zero-order valence-corrected chi connectivity index (χ0v) is 14.6. The van der Waals surface area contributed by atoms with Gasteiger partial charge in [-0.2, -0.15) is 0 Å². The van der Waals surface area contributed by atoms with E-state index in [1.807, 2.05) is 42.5 Å². The van der Waals surface area contributed by atoms with E-state index in [9.17, 15) is 4.79 Å². The number of likely N-dealkylation sites (tertiary alicyclic amines) is 1. The van der Waals surface area contributed by atoms with Crippen molar-refractivity contribution < 1.29 is 9.53 Å². The van der Waals surface area contributed by atoms with Gasteiger partial charge in [0, 0.05) is 12.6 Å². The van der Waals surface area contributed by atoms with Gasteiger partial charge in [0.25, 0.3) is 0 Å². The minimum atomic E-state index is -0.309. The van der Waals surface area contributed by atoms with Gasteiger partial charge in [-0.15, -0.1) is 0 Å². The predicted molar refractivity (Wildman–Crippen MR) is 101 cm³/mol. The first-order valence-electron chi connectivity index (χ1n) is 9.00. The van der Waals surface area contributed by atoms with Crippen LogP contribution in [0.15, 0.2) is 60.7 Å². The van der Waals surface area contributed by atoms with Crippen LogP contribution in [0.2, 0.25) is 0 Å². The van der Waals surface area contributed by atoms with Gasteiger partial charge >= 0.3 is 5.97 Å². The van der Waals surface area contributed by atoms with Gasteiger partial charge in [-0.25, -0.2) is 4.79 Å². The van der Waals surface area contributed by atoms with E-state index in [1.54, 1.807) is 6.08 Å². The first-order valence-corrected chi connectivity index (χ1v) is 9.00. The Morgan fingerprint density at radius 1 is 0.920 bits per heavy atom. The lowest BCUT2D eigenvalue weighted by molar-refractivity contribution is -0.138. The van der Waals surface area contributed by atoms with Gasteiger partial charge < -0.3 is 4.74 Å². The van der Waals surface area contributed by atoms with E-state index >= 15 is 0 Å². The van der Waals surface area contributed by atoms with Crippen molar-refractivity contribution in [3.8, 4) is 0 Å². The average Bonchev–Trinajstić information content (AvgIpc) is 2.67. The summed E-state index contributed by atoms with van der Waals surface area (Å²) in [6.45, 7) is 3.58. The molecule has 1 heterocycles. The molecular weight excluding hydrogens is 310 g/mol. The Morgan fingerprint density at radius 3 is 2.36 bits per heavy atom. The van der Waals surface area contributed by atoms with Crippen LogP contribution in [0.3, 0.4) is 0 Å². The minimum absolute atomic E-state index is 0.309. The second-order valence-corrected chi connectivity index (χ2v) is 6.46. The molecule has 1 aliphatic heterocycles. The Bertz CT molecular complexity index is 703. The molecule has 1 saturated heterocycles. The van der Waals surface area contributed by atoms with Crippen molar-refractivity contribution in [1.82, 2.24) is 4.90 Å². The summed E-state index contributed by atoms with van der Waals surface area (Å²) in [5.41, 5.74) is 3.34. The average molecular weight is 335 g/mol. The quantitative estimate of drug-likeness (QED) is 0.578. The highest BCUT2D eigenvalue weighted by atomic mass is 16.5. The molecule has 1 aliphatic rings. The fourth-order valence-corrected chi connectivity index (χ4v) is 3.14. The number of ether oxygens (including phenoxy) is 1. The number of rotatable bonds is 6. The SMILES string of the molecule is O=C(C=Cc1ccccc1)OCc1ccccc1CN1CCCCC1. The summed E-state index contributed by atoms with van der Waals surface area (Å²) in [6, 6.07) is 18.0. The van der Waals surface area contributed by atoms with Gasteiger partial charge in [0.2, 0.25) is 0 Å². The topological polar surface area (TPSA) is 29.5 Å². The molecule has 0 N–H and O–H groups in total. The number of carbonyl (C=O) groups is 1. The molecule has 0 aromatic heterocycles. The Morgan fingerprint density at radius 2 is 1.60 bits per heavy atom. The van der Waals surface area contributed by atoms with Crippen molar-refractivity contribution in [3.63, 3.8) is 0 Å². The number of esters is 1. The maximum absolute atomic E-state index is 12.0. The lowest BCUT2D eigenvalue weighted by Crippen LogP contribution is -2.29. The van der Waals surface area contributed by atoms with E-state index in [4.69, 9.17) is 4.74 Å². The molecule has 0 saturated carbocycles. The molecule has 0 unspecified atom stereocenters. The molecule has 3 nitrogen and oxygen atoms in total. The Balaban J connectivity index is 1.55. The van der Waals surface area contributed by atoms with Crippen LogP contribution in [0, 0.1) is 0 Å². The van der Waals surface area contributed by atoms with Gasteiger partial charge in [0.05, 0.1) is 0 Å². The van der Waals surface area contributed by atoms with E-state index < -0.39 is 0 Å². The number of hydrogen-bond donors (Lipinski definition) is 0. The molecule has 2 aromatic rings. The van der Waals surface area contributed by atoms with Crippen molar-refractivity contribution in [2.24, 2.45) is 0 Å². The molecule has 0 atom stereocenters. The standard InChI is InChI=1S/C22H25NO2/c24-22(14-13-19-9-3-1-4-10-19)25-18-21-12-6-5-11-20(21)17-23-15-7-2-8-16-23/h1,3-6,9-14H,2,7-8,15-18H2. The van der Waals surface area contributed by atoms with E-state index in [2.05, 4.69) is 17.0 Å². The fraction of sp³-hybridized carbons (Fsp3) is 0.318. The van der Waals surface area contributed by atoms with Gasteiger partial charge in [0.15, 0.2) is 0 Å². The summed E-state index contributed by atoms with van der Waals surface area (Å²) in [6.07, 6.45) is 7.16. The number of nitrogens with zero attached hydrogens (tertiary/aromatic N) is 1. The molecule has 3 heteroatoms. The summed E-state index contributed by atoms with van der Waals surface area (Å²) < 4.78 is 5.44. The van der Waals surface area contributed by atoms with Crippen LogP contribution in [-0.4, -0.2) is 24.0 Å². The zero-order valence-electron chi connectivity index (χ0n) is 14.6. The molecule has 1 fully saturated rings. The van der Waals surface area contributed by atoms with Crippen LogP contribution in [-0.2, 0) is 22.7 Å². The molecule has 0 bridgehead atoms. The summed E-state index contributed by atoms with van der Waals surface area (Å²) >= 11 is 0. The molecule has 25 heavy (non-hydrogen) atoms. The number of carbonyl (C=O) groups excluding carboxylic acids is 1. The van der Waals surface area contributed by atoms with Crippen molar-refractivity contribution >= 4 is 12.0 Å². The molecular formula is C22H25NO2. The lowest BCUT2D eigenvalue weighted by atomic mass is 10.1. The van der Waals surface area contributed by atoms with Crippen molar-refractivity contribution in [2.45, 2.75) is 32.4 Å². The number of hydrogen-bond acceptors (Lipinski definition) is 3. The largest absolute Gasteiger partial charge is 0.458 e. The second-order valence-electron chi connectivity index (χ2n) is 6.46. The lowest BCUT2D eigenvalue weighted by Gasteiger charge is -2.27. The van der Waals surface area contributed by atoms with Crippen LogP contribution >= 0.6 is 0 Å². The van der Waals surface area contributed by atoms with Gasteiger partial charge in [-0.1, -0.05) is 61.0 Å². The monoisotopic (exact) mass is 335 g/mol. The van der Waals surface area contributed by atoms with Crippen molar-refractivity contribution in [3.05, 3.63) is 77.4 Å². The van der Waals surface area contributed by atoms with Crippen LogP contribution in [0.25, 0.3) is 6.08 Å². The van der Waals surface area contributed by atoms with Crippen molar-refractivity contribution in [1.29, 1.82) is 0 Å². The second kappa shape index (κ2) is 9.19. The summed E-state index contributed by atoms with van der Waals surface area (Å²) in [4.78, 5) is 14.5. The summed E-state index contributed by atoms with van der Waals surface area (Å²) in [7, 11) is 0. The van der Waals surface area contributed by atoms with E-state index in [1.165, 1.54) is 30.9 Å². The Hall–Kier alpha value is -2.39. The fourth-order valence-electron chi connectivity index (χ4n) is 3.14. The van der Waals surface area contributed by atoms with E-state index in [-0.39, 0.29) is 5.97 Å². The third-order valence-corrected chi connectivity index (χ3v) is 4.54. The maximum Gasteiger partial charge on any atom is 0.331 e. The van der Waals surface area contributed by atoms with Gasteiger partial charge in [-0.05, 0) is 48.7 Å². The first-order chi connectivity index (χ1) is 12.3. The maximum atomic E-state index is 12.0. The third-order valence-electron chi connectivity index (χ3n) is 4.54. The normalized spacial score (nSPS) is 15.4. The summed E-state index contributed by atoms with van der Waals surface area (Å²) in [5, 5.41) is 0. The van der Waals surface area contributed by atoms with Gasteiger partial charge in [0.1, 0.15) is 6.61 Å². The third kappa shape index (κ3) is 5.57. The van der Waals surface area contributed by atoms with E-state index in [0.29, 0.717) is 6.61 Å². The molecule has 0 amide bonds. The molecule has 0 radical (unpaired) electrons. The van der Waals surface area contributed by atoms with Crippen LogP contribution in [0.1, 0.15) is 36.0 Å². The minimum Gasteiger partial charge on any atom is -0.458 e. The highest BCUT2D eigenvalue weighted by Gasteiger charge is 2.12. The zero-order chi connectivity index (χ0) is 17.3. The Kier molecular flexibility index (Phi) is 6.41. The molecule has 130 valence electrons. The number of piperidine rings is 1. The van der Waals surface area contributed by atoms with E-state index in [0.717, 1.165) is 30.8 Å². The smallest absolute Gasteiger partial charge is 0.331 e. The summed E-state index contributed by atoms with van der Waals surface area (Å²) in [5.74, 6) is -0.309. The number of benzene rings is 2.